The number of carbonyl (C=O) groups excluding carboxylic acids is 1. The van der Waals surface area contributed by atoms with Gasteiger partial charge in [0.25, 0.3) is 11.6 Å². The van der Waals surface area contributed by atoms with Gasteiger partial charge in [-0.25, -0.2) is 0 Å². The molecule has 1 amide bonds. The van der Waals surface area contributed by atoms with Crippen molar-refractivity contribution in [3.8, 4) is 0 Å². The van der Waals surface area contributed by atoms with Crippen molar-refractivity contribution in [1.29, 1.82) is 0 Å². The number of nitro groups is 1. The van der Waals surface area contributed by atoms with Crippen molar-refractivity contribution >= 4 is 27.5 Å². The Bertz CT molecular complexity index is 519. The third-order valence-electron chi connectivity index (χ3n) is 3.01. The van der Waals surface area contributed by atoms with E-state index in [-0.39, 0.29) is 11.3 Å². The van der Waals surface area contributed by atoms with E-state index in [0.717, 1.165) is 0 Å². The molecule has 0 aliphatic rings. The summed E-state index contributed by atoms with van der Waals surface area (Å²) >= 11 is 3.21. The summed E-state index contributed by atoms with van der Waals surface area (Å²) in [7, 11) is 0. The quantitative estimate of drug-likeness (QED) is 0.612. The number of halogens is 1. The van der Waals surface area contributed by atoms with Crippen LogP contribution in [-0.4, -0.2) is 28.6 Å². The number of carbonyl (C=O) groups is 1. The average molecular weight is 345 g/mol. The molecule has 110 valence electrons. The fraction of sp³-hybridized carbons (Fsp3) is 0.462. The molecule has 0 fully saturated rings. The lowest BCUT2D eigenvalue weighted by Crippen LogP contribution is -2.27. The molecule has 0 radical (unpaired) electrons. The second kappa shape index (κ2) is 7.35. The molecule has 1 unspecified atom stereocenters. The van der Waals surface area contributed by atoms with Crippen molar-refractivity contribution in [2.75, 3.05) is 6.54 Å². The Balaban J connectivity index is 2.81. The Morgan fingerprint density at radius 2 is 2.20 bits per heavy atom. The maximum Gasteiger partial charge on any atom is 0.274 e. The minimum Gasteiger partial charge on any atom is -0.393 e. The molecule has 0 saturated heterocycles. The molecule has 0 heterocycles. The van der Waals surface area contributed by atoms with Crippen LogP contribution in [0.15, 0.2) is 16.6 Å². The Hall–Kier alpha value is -1.47. The van der Waals surface area contributed by atoms with E-state index in [0.29, 0.717) is 29.4 Å². The first kappa shape index (κ1) is 16.6. The van der Waals surface area contributed by atoms with Gasteiger partial charge in [-0.1, -0.05) is 22.9 Å². The first-order chi connectivity index (χ1) is 9.36. The highest BCUT2D eigenvalue weighted by Crippen LogP contribution is 2.27. The van der Waals surface area contributed by atoms with Crippen LogP contribution < -0.4 is 5.32 Å². The smallest absolute Gasteiger partial charge is 0.274 e. The van der Waals surface area contributed by atoms with Crippen LogP contribution in [0.3, 0.4) is 0 Å². The number of benzene rings is 1. The highest BCUT2D eigenvalue weighted by molar-refractivity contribution is 9.10. The highest BCUT2D eigenvalue weighted by Gasteiger charge is 2.18. The minimum absolute atomic E-state index is 0.0990. The fourth-order valence-corrected chi connectivity index (χ4v) is 2.09. The number of amides is 1. The van der Waals surface area contributed by atoms with Crippen LogP contribution in [0.1, 0.15) is 35.7 Å². The van der Waals surface area contributed by atoms with Gasteiger partial charge < -0.3 is 10.4 Å². The molecule has 0 aliphatic heterocycles. The Labute approximate surface area is 125 Å². The predicted molar refractivity (Wildman–Crippen MR) is 78.8 cm³/mol. The molecule has 7 heteroatoms. The van der Waals surface area contributed by atoms with Gasteiger partial charge in [0, 0.05) is 28.2 Å². The van der Waals surface area contributed by atoms with Crippen molar-refractivity contribution in [1.82, 2.24) is 5.32 Å². The van der Waals surface area contributed by atoms with Gasteiger partial charge >= 0.3 is 0 Å². The molecule has 0 bridgehead atoms. The number of hydrogen-bond acceptors (Lipinski definition) is 4. The minimum atomic E-state index is -0.516. The summed E-state index contributed by atoms with van der Waals surface area (Å²) in [6.45, 7) is 3.79. The van der Waals surface area contributed by atoms with Gasteiger partial charge in [-0.05, 0) is 25.8 Å². The van der Waals surface area contributed by atoms with Crippen molar-refractivity contribution in [2.45, 2.75) is 32.8 Å². The van der Waals surface area contributed by atoms with E-state index in [1.54, 1.807) is 13.0 Å². The lowest BCUT2D eigenvalue weighted by atomic mass is 10.1. The van der Waals surface area contributed by atoms with Crippen molar-refractivity contribution in [3.63, 3.8) is 0 Å². The van der Waals surface area contributed by atoms with Gasteiger partial charge in [-0.3, -0.25) is 14.9 Å². The van der Waals surface area contributed by atoms with E-state index in [9.17, 15) is 20.0 Å². The number of nitro benzene ring substituents is 1. The SMILES string of the molecule is CCC(O)CCNC(=O)c1cc(Br)c(C)c([N+](=O)[O-])c1. The maximum atomic E-state index is 11.9. The summed E-state index contributed by atoms with van der Waals surface area (Å²) in [5.41, 5.74) is 0.603. The zero-order chi connectivity index (χ0) is 15.3. The lowest BCUT2D eigenvalue weighted by molar-refractivity contribution is -0.385. The van der Waals surface area contributed by atoms with E-state index in [2.05, 4.69) is 21.2 Å². The topological polar surface area (TPSA) is 92.5 Å². The van der Waals surface area contributed by atoms with E-state index in [1.165, 1.54) is 6.07 Å². The van der Waals surface area contributed by atoms with Gasteiger partial charge in [0.1, 0.15) is 0 Å². The summed E-state index contributed by atoms with van der Waals surface area (Å²) < 4.78 is 0.519. The molecule has 1 aromatic carbocycles. The largest absolute Gasteiger partial charge is 0.393 e. The Morgan fingerprint density at radius 3 is 2.75 bits per heavy atom. The highest BCUT2D eigenvalue weighted by atomic mass is 79.9. The van der Waals surface area contributed by atoms with Gasteiger partial charge in [0.15, 0.2) is 0 Å². The first-order valence-corrected chi connectivity index (χ1v) is 7.06. The van der Waals surface area contributed by atoms with E-state index < -0.39 is 16.9 Å². The number of nitrogens with one attached hydrogen (secondary N) is 1. The fourth-order valence-electron chi connectivity index (χ4n) is 1.64. The van der Waals surface area contributed by atoms with Crippen molar-refractivity contribution < 1.29 is 14.8 Å². The van der Waals surface area contributed by atoms with Gasteiger partial charge in [-0.15, -0.1) is 0 Å². The molecule has 6 nitrogen and oxygen atoms in total. The molecule has 0 aromatic heterocycles. The maximum absolute atomic E-state index is 11.9. The normalized spacial score (nSPS) is 12.0. The third-order valence-corrected chi connectivity index (χ3v) is 3.83. The summed E-state index contributed by atoms with van der Waals surface area (Å²) in [6.07, 6.45) is 0.629. The van der Waals surface area contributed by atoms with Crippen LogP contribution >= 0.6 is 15.9 Å². The lowest BCUT2D eigenvalue weighted by Gasteiger charge is -2.09. The molecular weight excluding hydrogens is 328 g/mol. The molecule has 1 rings (SSSR count). The summed E-state index contributed by atoms with van der Waals surface area (Å²) in [5, 5.41) is 22.9. The molecule has 1 atom stereocenters. The van der Waals surface area contributed by atoms with E-state index in [1.807, 2.05) is 6.92 Å². The van der Waals surface area contributed by atoms with Gasteiger partial charge in [0.2, 0.25) is 0 Å². The number of rotatable bonds is 6. The van der Waals surface area contributed by atoms with E-state index >= 15 is 0 Å². The molecule has 0 aliphatic carbocycles. The third kappa shape index (κ3) is 4.28. The number of aliphatic hydroxyl groups excluding tert-OH is 1. The van der Waals surface area contributed by atoms with Crippen molar-refractivity contribution in [3.05, 3.63) is 37.8 Å². The zero-order valence-corrected chi connectivity index (χ0v) is 12.9. The summed E-state index contributed by atoms with van der Waals surface area (Å²) in [4.78, 5) is 22.3. The van der Waals surface area contributed by atoms with E-state index in [4.69, 9.17) is 0 Å². The molecule has 1 aromatic rings. The predicted octanol–water partition coefficient (Wildman–Crippen LogP) is 2.56. The Kier molecular flexibility index (Phi) is 6.09. The van der Waals surface area contributed by atoms with Crippen LogP contribution in [-0.2, 0) is 0 Å². The molecule has 20 heavy (non-hydrogen) atoms. The van der Waals surface area contributed by atoms with Crippen LogP contribution in [0.4, 0.5) is 5.69 Å². The van der Waals surface area contributed by atoms with Gasteiger partial charge in [0.05, 0.1) is 11.0 Å². The average Bonchev–Trinajstić information content (AvgIpc) is 2.40. The number of aliphatic hydroxyl groups is 1. The molecule has 2 N–H and O–H groups in total. The number of nitrogens with zero attached hydrogens (tertiary/aromatic N) is 1. The summed E-state index contributed by atoms with van der Waals surface area (Å²) in [6, 6.07) is 2.81. The van der Waals surface area contributed by atoms with Crippen LogP contribution in [0.5, 0.6) is 0 Å². The first-order valence-electron chi connectivity index (χ1n) is 6.27. The number of hydrogen-bond donors (Lipinski definition) is 2. The monoisotopic (exact) mass is 344 g/mol. The van der Waals surface area contributed by atoms with Crippen LogP contribution in [0.2, 0.25) is 0 Å². The molecule has 0 saturated carbocycles. The van der Waals surface area contributed by atoms with Crippen LogP contribution in [0, 0.1) is 17.0 Å². The van der Waals surface area contributed by atoms with Crippen molar-refractivity contribution in [2.24, 2.45) is 0 Å². The standard InChI is InChI=1S/C13H17BrN2O4/c1-3-10(17)4-5-15-13(18)9-6-11(14)8(2)12(7-9)16(19)20/h6-7,10,17H,3-5H2,1-2H3,(H,15,18). The van der Waals surface area contributed by atoms with Crippen LogP contribution in [0.25, 0.3) is 0 Å². The molecule has 0 spiro atoms. The molecular formula is C13H17BrN2O4. The second-order valence-corrected chi connectivity index (χ2v) is 5.32. The summed E-state index contributed by atoms with van der Waals surface area (Å²) in [5.74, 6) is -0.392. The Morgan fingerprint density at radius 1 is 1.55 bits per heavy atom. The second-order valence-electron chi connectivity index (χ2n) is 4.47. The van der Waals surface area contributed by atoms with Gasteiger partial charge in [-0.2, -0.15) is 0 Å². The zero-order valence-electron chi connectivity index (χ0n) is 11.4.